The van der Waals surface area contributed by atoms with Gasteiger partial charge in [-0.15, -0.1) is 11.3 Å². The molecule has 0 aliphatic heterocycles. The molecular formula is C20H34N2O5S. The third-order valence-corrected chi connectivity index (χ3v) is 5.04. The van der Waals surface area contributed by atoms with Gasteiger partial charge < -0.3 is 19.5 Å². The van der Waals surface area contributed by atoms with Crippen molar-refractivity contribution in [2.45, 2.75) is 79.1 Å². The molecule has 0 aliphatic carbocycles. The molecule has 0 radical (unpaired) electrons. The standard InChI is InChI=1S/C20H34N2O5S/c1-8-10-22(19(25)27-20(5,6)7)15(13(3)4)11-16(26-9-2)17-21-14(12-28-17)18(23)24/h12-13,15-16H,8-11H2,1-7H3,(H,23,24)/t15-,16+/m1/s1. The minimum atomic E-state index is -1.06. The maximum absolute atomic E-state index is 12.8. The summed E-state index contributed by atoms with van der Waals surface area (Å²) in [7, 11) is 0. The van der Waals surface area contributed by atoms with Crippen LogP contribution >= 0.6 is 11.3 Å². The number of rotatable bonds is 10. The van der Waals surface area contributed by atoms with E-state index in [0.29, 0.717) is 24.6 Å². The summed E-state index contributed by atoms with van der Waals surface area (Å²) in [6, 6.07) is -0.122. The second-order valence-corrected chi connectivity index (χ2v) is 8.93. The molecule has 0 saturated heterocycles. The van der Waals surface area contributed by atoms with Gasteiger partial charge >= 0.3 is 12.1 Å². The van der Waals surface area contributed by atoms with Crippen molar-refractivity contribution in [1.82, 2.24) is 9.88 Å². The highest BCUT2D eigenvalue weighted by atomic mass is 32.1. The van der Waals surface area contributed by atoms with E-state index in [4.69, 9.17) is 14.6 Å². The number of aromatic carboxylic acids is 1. The van der Waals surface area contributed by atoms with Crippen LogP contribution in [0.15, 0.2) is 5.38 Å². The number of hydrogen-bond donors (Lipinski definition) is 1. The monoisotopic (exact) mass is 414 g/mol. The van der Waals surface area contributed by atoms with Gasteiger partial charge in [-0.25, -0.2) is 14.6 Å². The molecule has 8 heteroatoms. The number of carboxylic acids is 1. The lowest BCUT2D eigenvalue weighted by molar-refractivity contribution is -0.00778. The molecule has 1 amide bonds. The van der Waals surface area contributed by atoms with Crippen LogP contribution in [0.3, 0.4) is 0 Å². The average Bonchev–Trinajstić information content (AvgIpc) is 3.05. The third-order valence-electron chi connectivity index (χ3n) is 4.10. The van der Waals surface area contributed by atoms with E-state index < -0.39 is 11.6 Å². The van der Waals surface area contributed by atoms with Gasteiger partial charge in [-0.05, 0) is 40.0 Å². The minimum Gasteiger partial charge on any atom is -0.476 e. The van der Waals surface area contributed by atoms with Crippen molar-refractivity contribution in [2.75, 3.05) is 13.2 Å². The molecule has 0 aromatic carbocycles. The Kier molecular flexibility index (Phi) is 9.36. The summed E-state index contributed by atoms with van der Waals surface area (Å²) < 4.78 is 11.5. The number of nitrogens with zero attached hydrogens (tertiary/aromatic N) is 2. The van der Waals surface area contributed by atoms with Crippen molar-refractivity contribution in [3.8, 4) is 0 Å². The first-order valence-corrected chi connectivity index (χ1v) is 10.7. The van der Waals surface area contributed by atoms with Crippen molar-refractivity contribution in [2.24, 2.45) is 5.92 Å². The zero-order valence-electron chi connectivity index (χ0n) is 18.0. The van der Waals surface area contributed by atoms with Gasteiger partial charge in [-0.2, -0.15) is 0 Å². The van der Waals surface area contributed by atoms with Crippen LogP contribution in [-0.2, 0) is 9.47 Å². The number of ether oxygens (including phenoxy) is 2. The van der Waals surface area contributed by atoms with E-state index in [2.05, 4.69) is 18.8 Å². The van der Waals surface area contributed by atoms with Crippen LogP contribution in [0.25, 0.3) is 0 Å². The minimum absolute atomic E-state index is 0.0170. The summed E-state index contributed by atoms with van der Waals surface area (Å²) in [4.78, 5) is 30.0. The number of carboxylic acid groups (broad SMARTS) is 1. The third kappa shape index (κ3) is 7.39. The van der Waals surface area contributed by atoms with Gasteiger partial charge in [0.25, 0.3) is 0 Å². The van der Waals surface area contributed by atoms with Gasteiger partial charge in [0, 0.05) is 31.0 Å². The van der Waals surface area contributed by atoms with E-state index in [0.717, 1.165) is 6.42 Å². The van der Waals surface area contributed by atoms with E-state index in [9.17, 15) is 9.59 Å². The topological polar surface area (TPSA) is 89.0 Å². The molecule has 160 valence electrons. The second-order valence-electron chi connectivity index (χ2n) is 8.04. The molecule has 1 rings (SSSR count). The quantitative estimate of drug-likeness (QED) is 0.581. The van der Waals surface area contributed by atoms with Crippen LogP contribution < -0.4 is 0 Å². The molecular weight excluding hydrogens is 380 g/mol. The number of aromatic nitrogens is 1. The molecule has 28 heavy (non-hydrogen) atoms. The highest BCUT2D eigenvalue weighted by Crippen LogP contribution is 2.31. The first kappa shape index (κ1) is 24.4. The molecule has 0 fully saturated rings. The van der Waals surface area contributed by atoms with Crippen molar-refractivity contribution in [1.29, 1.82) is 0 Å². The Morgan fingerprint density at radius 3 is 2.36 bits per heavy atom. The molecule has 1 aromatic heterocycles. The van der Waals surface area contributed by atoms with Gasteiger partial charge in [0.15, 0.2) is 5.69 Å². The zero-order chi connectivity index (χ0) is 21.5. The summed E-state index contributed by atoms with van der Waals surface area (Å²) in [5.74, 6) is -0.888. The van der Waals surface area contributed by atoms with Crippen molar-refractivity contribution >= 4 is 23.4 Å². The Morgan fingerprint density at radius 1 is 1.29 bits per heavy atom. The van der Waals surface area contributed by atoms with E-state index in [-0.39, 0.29) is 29.9 Å². The van der Waals surface area contributed by atoms with Gasteiger partial charge in [-0.1, -0.05) is 20.8 Å². The molecule has 0 bridgehead atoms. The Balaban J connectivity index is 3.12. The van der Waals surface area contributed by atoms with Gasteiger partial charge in [0.05, 0.1) is 0 Å². The highest BCUT2D eigenvalue weighted by Gasteiger charge is 2.33. The Hall–Kier alpha value is -1.67. The fourth-order valence-electron chi connectivity index (χ4n) is 2.91. The molecule has 7 nitrogen and oxygen atoms in total. The van der Waals surface area contributed by atoms with Crippen LogP contribution in [-0.4, -0.2) is 51.8 Å². The van der Waals surface area contributed by atoms with Crippen LogP contribution in [0.4, 0.5) is 4.79 Å². The number of carbonyl (C=O) groups is 2. The normalized spacial score (nSPS) is 14.0. The molecule has 1 heterocycles. The zero-order valence-corrected chi connectivity index (χ0v) is 18.8. The number of carbonyl (C=O) groups excluding carboxylic acids is 1. The summed E-state index contributed by atoms with van der Waals surface area (Å²) in [6.45, 7) is 14.6. The number of hydrogen-bond acceptors (Lipinski definition) is 6. The fourth-order valence-corrected chi connectivity index (χ4v) is 3.76. The SMILES string of the molecule is CCCN(C(=O)OC(C)(C)C)[C@H](C[C@H](OCC)c1nc(C(=O)O)cs1)C(C)C. The molecule has 0 spiro atoms. The van der Waals surface area contributed by atoms with Gasteiger partial charge in [0.2, 0.25) is 0 Å². The maximum Gasteiger partial charge on any atom is 0.410 e. The van der Waals surface area contributed by atoms with E-state index in [1.807, 2.05) is 34.6 Å². The lowest BCUT2D eigenvalue weighted by atomic mass is 9.96. The number of thiazole rings is 1. The predicted molar refractivity (Wildman–Crippen MR) is 110 cm³/mol. The van der Waals surface area contributed by atoms with Gasteiger partial charge in [0.1, 0.15) is 16.7 Å². The first-order valence-electron chi connectivity index (χ1n) is 9.80. The molecule has 0 aliphatic rings. The van der Waals surface area contributed by atoms with Crippen LogP contribution in [0.1, 0.15) is 82.9 Å². The lowest BCUT2D eigenvalue weighted by Crippen LogP contribution is -2.47. The van der Waals surface area contributed by atoms with E-state index in [1.54, 1.807) is 4.90 Å². The van der Waals surface area contributed by atoms with Crippen LogP contribution in [0.2, 0.25) is 0 Å². The molecule has 0 saturated carbocycles. The van der Waals surface area contributed by atoms with E-state index >= 15 is 0 Å². The second kappa shape index (κ2) is 10.8. The van der Waals surface area contributed by atoms with Crippen molar-refractivity contribution in [3.63, 3.8) is 0 Å². The Morgan fingerprint density at radius 2 is 1.93 bits per heavy atom. The largest absolute Gasteiger partial charge is 0.476 e. The van der Waals surface area contributed by atoms with Gasteiger partial charge in [-0.3, -0.25) is 0 Å². The fraction of sp³-hybridized carbons (Fsp3) is 0.750. The molecule has 1 N–H and O–H groups in total. The summed E-state index contributed by atoms with van der Waals surface area (Å²) >= 11 is 1.27. The first-order chi connectivity index (χ1) is 13.0. The van der Waals surface area contributed by atoms with Crippen molar-refractivity contribution in [3.05, 3.63) is 16.1 Å². The highest BCUT2D eigenvalue weighted by molar-refractivity contribution is 7.09. The maximum atomic E-state index is 12.8. The molecule has 0 unspecified atom stereocenters. The summed E-state index contributed by atoms with van der Waals surface area (Å²) in [6.07, 6.45) is 0.616. The van der Waals surface area contributed by atoms with Crippen molar-refractivity contribution < 1.29 is 24.2 Å². The number of amides is 1. The Bertz CT molecular complexity index is 639. The molecule has 1 aromatic rings. The average molecular weight is 415 g/mol. The smallest absolute Gasteiger partial charge is 0.410 e. The summed E-state index contributed by atoms with van der Waals surface area (Å²) in [5, 5.41) is 11.3. The lowest BCUT2D eigenvalue weighted by Gasteiger charge is -2.37. The summed E-state index contributed by atoms with van der Waals surface area (Å²) in [5.41, 5.74) is -0.557. The van der Waals surface area contributed by atoms with Crippen LogP contribution in [0, 0.1) is 5.92 Å². The Labute approximate surface area is 172 Å². The predicted octanol–water partition coefficient (Wildman–Crippen LogP) is 4.98. The van der Waals surface area contributed by atoms with E-state index in [1.165, 1.54) is 16.7 Å². The molecule has 2 atom stereocenters. The van der Waals surface area contributed by atoms with Crippen LogP contribution in [0.5, 0.6) is 0 Å².